The molecule has 38 heavy (non-hydrogen) atoms. The molecular formula is C30H52BrNO4Si2. The molecule has 5 nitrogen and oxygen atoms in total. The summed E-state index contributed by atoms with van der Waals surface area (Å²) < 4.78 is 29.2. The van der Waals surface area contributed by atoms with Gasteiger partial charge in [-0.15, -0.1) is 0 Å². The van der Waals surface area contributed by atoms with Gasteiger partial charge in [-0.25, -0.2) is 4.57 Å². The monoisotopic (exact) mass is 625 g/mol. The van der Waals surface area contributed by atoms with Gasteiger partial charge >= 0.3 is 0 Å². The highest BCUT2D eigenvalue weighted by Gasteiger charge is 2.49. The number of nitrogens with zero attached hydrogens (tertiary/aromatic N) is 1. The van der Waals surface area contributed by atoms with E-state index in [0.717, 1.165) is 27.7 Å². The Hall–Kier alpha value is -1.39. The van der Waals surface area contributed by atoms with Gasteiger partial charge in [-0.05, 0) is 55.2 Å². The van der Waals surface area contributed by atoms with E-state index in [-0.39, 0.29) is 0 Å². The minimum Gasteiger partial charge on any atom is -0.531 e. The van der Waals surface area contributed by atoms with Crippen LogP contribution in [0.3, 0.4) is 0 Å². The maximum absolute atomic E-state index is 7.29. The van der Waals surface area contributed by atoms with Gasteiger partial charge in [0.25, 0.3) is 16.6 Å². The lowest BCUT2D eigenvalue weighted by atomic mass is 10.2. The van der Waals surface area contributed by atoms with E-state index < -0.39 is 16.6 Å². The molecular weight excluding hydrogens is 574 g/mol. The fourth-order valence-corrected chi connectivity index (χ4v) is 18.0. The fourth-order valence-electron chi connectivity index (χ4n) is 6.91. The molecule has 0 spiro atoms. The average Bonchev–Trinajstić information content (AvgIpc) is 3.20. The van der Waals surface area contributed by atoms with E-state index in [1.54, 1.807) is 14.2 Å². The van der Waals surface area contributed by atoms with Crippen molar-refractivity contribution >= 4 is 32.6 Å². The van der Waals surface area contributed by atoms with Crippen LogP contribution in [0.2, 0.25) is 33.2 Å². The SMILES string of the molecule is COc1cc(Br)c(OC)c(-n2c(O[Si](C(C)C)(C(C)C)C(C)C)ccc2O[Si](C(C)C)(C(C)C)C(C)C)c1. The zero-order chi connectivity index (χ0) is 29.2. The molecule has 216 valence electrons. The van der Waals surface area contributed by atoms with E-state index in [0.29, 0.717) is 39.0 Å². The van der Waals surface area contributed by atoms with E-state index in [2.05, 4.69) is 116 Å². The van der Waals surface area contributed by atoms with Crippen LogP contribution in [0.5, 0.6) is 23.3 Å². The maximum atomic E-state index is 7.29. The minimum atomic E-state index is -2.26. The van der Waals surface area contributed by atoms with Crippen LogP contribution >= 0.6 is 15.9 Å². The van der Waals surface area contributed by atoms with Crippen LogP contribution in [0.1, 0.15) is 83.1 Å². The highest BCUT2D eigenvalue weighted by molar-refractivity contribution is 9.10. The number of rotatable bonds is 13. The molecule has 0 aliphatic carbocycles. The maximum Gasteiger partial charge on any atom is 0.260 e. The second kappa shape index (κ2) is 12.9. The molecule has 0 amide bonds. The normalized spacial score (nSPS) is 13.0. The van der Waals surface area contributed by atoms with Crippen molar-refractivity contribution < 1.29 is 18.3 Å². The molecule has 2 rings (SSSR count). The van der Waals surface area contributed by atoms with Crippen LogP contribution in [-0.4, -0.2) is 35.4 Å². The summed E-state index contributed by atoms with van der Waals surface area (Å²) in [6.07, 6.45) is 0. The molecule has 1 aromatic heterocycles. The first-order valence-corrected chi connectivity index (χ1v) is 19.2. The summed E-state index contributed by atoms with van der Waals surface area (Å²) in [6.45, 7) is 27.8. The van der Waals surface area contributed by atoms with Gasteiger partial charge in [0.05, 0.1) is 24.4 Å². The Morgan fingerprint density at radius 1 is 0.605 bits per heavy atom. The van der Waals surface area contributed by atoms with Crippen molar-refractivity contribution in [1.29, 1.82) is 0 Å². The number of hydrogen-bond donors (Lipinski definition) is 0. The van der Waals surface area contributed by atoms with Crippen LogP contribution < -0.4 is 18.3 Å². The molecule has 0 saturated carbocycles. The van der Waals surface area contributed by atoms with Crippen molar-refractivity contribution in [3.8, 4) is 28.9 Å². The van der Waals surface area contributed by atoms with Gasteiger partial charge in [0.1, 0.15) is 5.75 Å². The molecule has 0 radical (unpaired) electrons. The summed E-state index contributed by atoms with van der Waals surface area (Å²) in [6, 6.07) is 8.13. The summed E-state index contributed by atoms with van der Waals surface area (Å²) in [5.41, 5.74) is 3.45. The second-order valence-electron chi connectivity index (χ2n) is 12.3. The summed E-state index contributed by atoms with van der Waals surface area (Å²) in [5.74, 6) is 3.06. The standard InChI is InChI=1S/C30H52BrNO4Si2/c1-19(2)37(20(3)4,21(5)6)35-28-15-16-29(36-38(22(7)8,23(9)10)24(11)12)32(28)27-18-25(33-13)17-26(31)30(27)34-14/h15-24H,1-14H3. The molecule has 0 saturated heterocycles. The average molecular weight is 627 g/mol. The number of halogens is 1. The van der Waals surface area contributed by atoms with Gasteiger partial charge in [0.2, 0.25) is 0 Å². The lowest BCUT2D eigenvalue weighted by Gasteiger charge is -2.43. The topological polar surface area (TPSA) is 41.9 Å². The minimum absolute atomic E-state index is 0.435. The van der Waals surface area contributed by atoms with Crippen LogP contribution in [0.4, 0.5) is 0 Å². The predicted octanol–water partition coefficient (Wildman–Crippen LogP) is 10.4. The largest absolute Gasteiger partial charge is 0.531 e. The molecule has 0 bridgehead atoms. The van der Waals surface area contributed by atoms with E-state index in [9.17, 15) is 0 Å². The lowest BCUT2D eigenvalue weighted by Crippen LogP contribution is -2.51. The smallest absolute Gasteiger partial charge is 0.260 e. The van der Waals surface area contributed by atoms with Crippen LogP contribution in [0.25, 0.3) is 5.69 Å². The van der Waals surface area contributed by atoms with Gasteiger partial charge in [-0.3, -0.25) is 0 Å². The summed E-state index contributed by atoms with van der Waals surface area (Å²) in [4.78, 5) is 0. The molecule has 0 fully saturated rings. The highest BCUT2D eigenvalue weighted by atomic mass is 79.9. The van der Waals surface area contributed by atoms with Crippen molar-refractivity contribution in [1.82, 2.24) is 4.57 Å². The first kappa shape index (κ1) is 32.8. The molecule has 0 N–H and O–H groups in total. The van der Waals surface area contributed by atoms with Crippen LogP contribution in [0, 0.1) is 0 Å². The Bertz CT molecular complexity index is 968. The molecule has 1 heterocycles. The lowest BCUT2D eigenvalue weighted by molar-refractivity contribution is 0.390. The van der Waals surface area contributed by atoms with Crippen molar-refractivity contribution in [2.45, 2.75) is 116 Å². The Kier molecular flexibility index (Phi) is 11.1. The Morgan fingerprint density at radius 2 is 0.974 bits per heavy atom. The molecule has 2 aromatic rings. The van der Waals surface area contributed by atoms with Crippen molar-refractivity contribution in [2.24, 2.45) is 0 Å². The van der Waals surface area contributed by atoms with E-state index in [1.165, 1.54) is 0 Å². The third kappa shape index (κ3) is 5.87. The predicted molar refractivity (Wildman–Crippen MR) is 170 cm³/mol. The second-order valence-corrected chi connectivity index (χ2v) is 24.0. The number of aromatic nitrogens is 1. The molecule has 0 aliphatic rings. The Balaban J connectivity index is 2.96. The third-order valence-corrected chi connectivity index (χ3v) is 21.0. The number of benzene rings is 1. The Labute approximate surface area is 243 Å². The van der Waals surface area contributed by atoms with E-state index >= 15 is 0 Å². The van der Waals surface area contributed by atoms with Crippen molar-refractivity contribution in [3.63, 3.8) is 0 Å². The van der Waals surface area contributed by atoms with Gasteiger partial charge in [-0.1, -0.05) is 83.1 Å². The van der Waals surface area contributed by atoms with Crippen LogP contribution in [0.15, 0.2) is 28.7 Å². The van der Waals surface area contributed by atoms with Gasteiger partial charge in [0.15, 0.2) is 17.5 Å². The Morgan fingerprint density at radius 3 is 1.26 bits per heavy atom. The zero-order valence-electron chi connectivity index (χ0n) is 26.2. The molecule has 0 atom stereocenters. The third-order valence-electron chi connectivity index (χ3n) is 8.46. The summed E-state index contributed by atoms with van der Waals surface area (Å²) >= 11 is 3.71. The number of hydrogen-bond acceptors (Lipinski definition) is 4. The fraction of sp³-hybridized carbons (Fsp3) is 0.667. The molecule has 0 unspecified atom stereocenters. The van der Waals surface area contributed by atoms with Gasteiger partial charge in [0, 0.05) is 18.2 Å². The zero-order valence-corrected chi connectivity index (χ0v) is 29.8. The number of ether oxygens (including phenoxy) is 2. The highest BCUT2D eigenvalue weighted by Crippen LogP contribution is 2.49. The summed E-state index contributed by atoms with van der Waals surface area (Å²) in [7, 11) is -1.13. The quantitative estimate of drug-likeness (QED) is 0.208. The molecule has 1 aromatic carbocycles. The first-order chi connectivity index (χ1) is 17.6. The first-order valence-electron chi connectivity index (χ1n) is 14.1. The molecule has 8 heteroatoms. The van der Waals surface area contributed by atoms with Crippen LogP contribution in [-0.2, 0) is 0 Å². The van der Waals surface area contributed by atoms with Gasteiger partial charge < -0.3 is 18.3 Å². The van der Waals surface area contributed by atoms with Gasteiger partial charge in [-0.2, -0.15) is 0 Å². The van der Waals surface area contributed by atoms with E-state index in [1.807, 2.05) is 12.1 Å². The number of methoxy groups -OCH3 is 2. The molecule has 0 aliphatic heterocycles. The summed E-state index contributed by atoms with van der Waals surface area (Å²) in [5, 5.41) is 0. The van der Waals surface area contributed by atoms with Crippen molar-refractivity contribution in [2.75, 3.05) is 14.2 Å². The van der Waals surface area contributed by atoms with Crippen molar-refractivity contribution in [3.05, 3.63) is 28.7 Å². The van der Waals surface area contributed by atoms with E-state index in [4.69, 9.17) is 18.3 Å².